The molecule has 1 aliphatic rings. The van der Waals surface area contributed by atoms with Gasteiger partial charge in [-0.25, -0.2) is 0 Å². The maximum atomic E-state index is 5.69. The van der Waals surface area contributed by atoms with E-state index in [4.69, 9.17) is 9.97 Å². The lowest BCUT2D eigenvalue weighted by Gasteiger charge is -2.37. The molecule has 0 aliphatic carbocycles. The molecule has 0 amide bonds. The van der Waals surface area contributed by atoms with E-state index in [9.17, 15) is 0 Å². The Morgan fingerprint density at radius 1 is 0.375 bits per heavy atom. The average molecular weight is 631 g/mol. The molecule has 2 heteroatoms. The minimum absolute atomic E-state index is 0.346. The molecular formula is C46H50N2. The van der Waals surface area contributed by atoms with Gasteiger partial charge in [0.05, 0.1) is 22.8 Å². The van der Waals surface area contributed by atoms with Crippen LogP contribution in [0.1, 0.15) is 123 Å². The minimum Gasteiger partial charge on any atom is -0.255 e. The normalized spacial score (nSPS) is 17.4. The molecule has 7 rings (SSSR count). The van der Waals surface area contributed by atoms with Gasteiger partial charge in [-0.1, -0.05) is 128 Å². The number of aromatic nitrogens is 2. The van der Waals surface area contributed by atoms with Gasteiger partial charge in [0.2, 0.25) is 0 Å². The number of hydrogen-bond acceptors (Lipinski definition) is 2. The molecule has 0 unspecified atom stereocenters. The summed E-state index contributed by atoms with van der Waals surface area (Å²) in [5.74, 6) is 0. The maximum absolute atomic E-state index is 5.69. The van der Waals surface area contributed by atoms with Gasteiger partial charge in [-0.2, -0.15) is 0 Å². The molecule has 0 fully saturated rings. The van der Waals surface area contributed by atoms with Crippen molar-refractivity contribution in [2.24, 2.45) is 0 Å². The van der Waals surface area contributed by atoms with E-state index < -0.39 is 0 Å². The van der Waals surface area contributed by atoms with Gasteiger partial charge in [0, 0.05) is 32.4 Å². The summed E-state index contributed by atoms with van der Waals surface area (Å²) in [4.78, 5) is 11.4. The van der Waals surface area contributed by atoms with Gasteiger partial charge < -0.3 is 0 Å². The van der Waals surface area contributed by atoms with E-state index in [1.165, 1.54) is 66.1 Å². The van der Waals surface area contributed by atoms with Crippen LogP contribution in [0.4, 0.5) is 0 Å². The fourth-order valence-electron chi connectivity index (χ4n) is 8.92. The first kappa shape index (κ1) is 32.3. The van der Waals surface area contributed by atoms with Crippen molar-refractivity contribution >= 4 is 21.5 Å². The van der Waals surface area contributed by atoms with Crippen LogP contribution in [0.3, 0.4) is 0 Å². The van der Waals surface area contributed by atoms with Crippen molar-refractivity contribution in [2.45, 2.75) is 105 Å². The summed E-state index contributed by atoms with van der Waals surface area (Å²) in [6.45, 7) is 27.9. The molecule has 2 aromatic heterocycles. The number of aryl methyl sites for hydroxylation is 4. The molecule has 0 radical (unpaired) electrons. The fraction of sp³-hybridized carbons (Fsp3) is 0.348. The van der Waals surface area contributed by atoms with Crippen molar-refractivity contribution in [1.82, 2.24) is 9.97 Å². The van der Waals surface area contributed by atoms with Crippen molar-refractivity contribution in [3.8, 4) is 0 Å². The van der Waals surface area contributed by atoms with Crippen LogP contribution in [0.15, 0.2) is 84.9 Å². The number of nitrogens with zero attached hydrogens (tertiary/aromatic N) is 2. The first-order valence-corrected chi connectivity index (χ1v) is 17.5. The Hall–Kier alpha value is -4.30. The lowest BCUT2D eigenvalue weighted by molar-refractivity contribution is 0.557. The molecule has 0 saturated heterocycles. The van der Waals surface area contributed by atoms with E-state index in [1.54, 1.807) is 0 Å². The smallest absolute Gasteiger partial charge is 0.0585 e. The van der Waals surface area contributed by atoms with Crippen molar-refractivity contribution in [2.75, 3.05) is 0 Å². The van der Waals surface area contributed by atoms with E-state index in [0.29, 0.717) is 0 Å². The first-order chi connectivity index (χ1) is 22.5. The molecule has 0 N–H and O–H groups in total. The molecule has 0 atom stereocenters. The van der Waals surface area contributed by atoms with Gasteiger partial charge in [-0.3, -0.25) is 9.97 Å². The van der Waals surface area contributed by atoms with Gasteiger partial charge in [0.15, 0.2) is 0 Å². The van der Waals surface area contributed by atoms with Gasteiger partial charge in [-0.15, -0.1) is 0 Å². The highest BCUT2D eigenvalue weighted by Gasteiger charge is 2.38. The lowest BCUT2D eigenvalue weighted by atomic mass is 9.69. The summed E-state index contributed by atoms with van der Waals surface area (Å²) in [7, 11) is 0. The SMILES string of the molecule is Cc1cc(C)c2cc1C(C)(C)c1cc3ccccc3c(n1)C(C)(C)c1cc(c(C)cc1C)C(C)(C)c1cc3ccccc3c(n1)C2(C)C. The fourth-order valence-corrected chi connectivity index (χ4v) is 8.92. The zero-order valence-corrected chi connectivity index (χ0v) is 31.0. The molecule has 8 bridgehead atoms. The van der Waals surface area contributed by atoms with Gasteiger partial charge in [-0.05, 0) is 95.1 Å². The van der Waals surface area contributed by atoms with Crippen LogP contribution in [-0.4, -0.2) is 9.97 Å². The Kier molecular flexibility index (Phi) is 7.12. The summed E-state index contributed by atoms with van der Waals surface area (Å²) in [6, 6.07) is 32.0. The molecular weight excluding hydrogens is 581 g/mol. The quantitative estimate of drug-likeness (QED) is 0.167. The molecule has 3 heterocycles. The van der Waals surface area contributed by atoms with E-state index in [0.717, 1.165) is 22.8 Å². The number of rotatable bonds is 0. The van der Waals surface area contributed by atoms with Crippen LogP contribution < -0.4 is 0 Å². The van der Waals surface area contributed by atoms with E-state index in [-0.39, 0.29) is 21.7 Å². The third-order valence-corrected chi connectivity index (χ3v) is 11.8. The highest BCUT2D eigenvalue weighted by Crippen LogP contribution is 2.46. The number of benzene rings is 4. The van der Waals surface area contributed by atoms with Crippen LogP contribution in [0.5, 0.6) is 0 Å². The Morgan fingerprint density at radius 2 is 0.688 bits per heavy atom. The predicted octanol–water partition coefficient (Wildman–Crippen LogP) is 11.6. The third-order valence-electron chi connectivity index (χ3n) is 11.8. The number of fused-ring (bicyclic) bond motifs is 12. The average Bonchev–Trinajstić information content (AvgIpc) is 3.02. The van der Waals surface area contributed by atoms with Gasteiger partial charge in [0.25, 0.3) is 0 Å². The summed E-state index contributed by atoms with van der Waals surface area (Å²) in [6.07, 6.45) is 0. The van der Waals surface area contributed by atoms with Crippen molar-refractivity contribution < 1.29 is 0 Å². The largest absolute Gasteiger partial charge is 0.255 e. The third kappa shape index (κ3) is 4.66. The second kappa shape index (κ2) is 10.6. The van der Waals surface area contributed by atoms with Crippen LogP contribution in [-0.2, 0) is 21.7 Å². The topological polar surface area (TPSA) is 25.8 Å². The van der Waals surface area contributed by atoms with Crippen LogP contribution in [0.2, 0.25) is 0 Å². The van der Waals surface area contributed by atoms with E-state index >= 15 is 0 Å². The molecule has 48 heavy (non-hydrogen) atoms. The van der Waals surface area contributed by atoms with Crippen molar-refractivity contribution in [3.05, 3.63) is 152 Å². The number of pyridine rings is 2. The second-order valence-electron chi connectivity index (χ2n) is 16.6. The van der Waals surface area contributed by atoms with Gasteiger partial charge >= 0.3 is 0 Å². The van der Waals surface area contributed by atoms with Crippen molar-refractivity contribution in [1.29, 1.82) is 0 Å². The van der Waals surface area contributed by atoms with Crippen LogP contribution in [0, 0.1) is 27.7 Å². The van der Waals surface area contributed by atoms with Crippen LogP contribution in [0.25, 0.3) is 21.5 Å². The second-order valence-corrected chi connectivity index (χ2v) is 16.6. The monoisotopic (exact) mass is 630 g/mol. The molecule has 2 nitrogen and oxygen atoms in total. The van der Waals surface area contributed by atoms with Crippen molar-refractivity contribution in [3.63, 3.8) is 0 Å². The summed E-state index contributed by atoms with van der Waals surface area (Å²) < 4.78 is 0. The Labute approximate surface area is 287 Å². The summed E-state index contributed by atoms with van der Waals surface area (Å²) in [5, 5.41) is 4.90. The summed E-state index contributed by atoms with van der Waals surface area (Å²) >= 11 is 0. The molecule has 244 valence electrons. The maximum Gasteiger partial charge on any atom is 0.0585 e. The van der Waals surface area contributed by atoms with Gasteiger partial charge in [0.1, 0.15) is 0 Å². The van der Waals surface area contributed by atoms with Crippen LogP contribution >= 0.6 is 0 Å². The highest BCUT2D eigenvalue weighted by molar-refractivity contribution is 5.88. The Bertz CT molecular complexity index is 2120. The molecule has 4 aromatic carbocycles. The highest BCUT2D eigenvalue weighted by atomic mass is 14.8. The Balaban J connectivity index is 1.68. The zero-order chi connectivity index (χ0) is 34.6. The summed E-state index contributed by atoms with van der Waals surface area (Å²) in [5.41, 5.74) is 13.5. The Morgan fingerprint density at radius 3 is 1.04 bits per heavy atom. The first-order valence-electron chi connectivity index (χ1n) is 17.5. The zero-order valence-electron chi connectivity index (χ0n) is 31.0. The molecule has 0 spiro atoms. The molecule has 1 aliphatic heterocycles. The van der Waals surface area contributed by atoms with E-state index in [1.807, 2.05) is 0 Å². The lowest BCUT2D eigenvalue weighted by Crippen LogP contribution is -2.31. The molecule has 6 aromatic rings. The standard InChI is InChI=1S/C46H50N2/c1-27-21-29(3)37-25-35(27)43(5,6)39-23-31-17-13-15-19-33(31)42(47-39)46(11,12)38-26-36(28(2)22-30(38)4)44(7,8)40-24-32-18-14-16-20-34(32)41(48-40)45(37,9)10/h13-26H,1-12H3. The predicted molar refractivity (Wildman–Crippen MR) is 204 cm³/mol. The van der Waals surface area contributed by atoms with E-state index in [2.05, 4.69) is 168 Å². The minimum atomic E-state index is -0.358. The molecule has 0 saturated carbocycles. The number of hydrogen-bond donors (Lipinski definition) is 0.